The minimum Gasteiger partial charge on any atom is -0.492 e. The average molecular weight is 336 g/mol. The summed E-state index contributed by atoms with van der Waals surface area (Å²) in [6.45, 7) is 6.49. The number of benzene rings is 2. The first-order valence-electron chi connectivity index (χ1n) is 9.55. The smallest absolute Gasteiger partial charge is 0.120 e. The molecule has 0 amide bonds. The molecule has 0 aliphatic carbocycles. The molecule has 25 heavy (non-hydrogen) atoms. The Kier molecular flexibility index (Phi) is 5.04. The van der Waals surface area contributed by atoms with Crippen LogP contribution in [0, 0.1) is 0 Å². The van der Waals surface area contributed by atoms with Crippen LogP contribution in [0.4, 0.5) is 0 Å². The Morgan fingerprint density at radius 3 is 2.56 bits per heavy atom. The molecule has 0 N–H and O–H groups in total. The van der Waals surface area contributed by atoms with Gasteiger partial charge < -0.3 is 9.64 Å². The van der Waals surface area contributed by atoms with E-state index in [1.54, 1.807) is 0 Å². The van der Waals surface area contributed by atoms with Crippen LogP contribution in [-0.2, 0) is 0 Å². The summed E-state index contributed by atoms with van der Waals surface area (Å²) in [5.41, 5.74) is 2.84. The zero-order chi connectivity index (χ0) is 17.1. The van der Waals surface area contributed by atoms with E-state index in [0.29, 0.717) is 0 Å². The molecule has 2 aromatic carbocycles. The van der Waals surface area contributed by atoms with Gasteiger partial charge >= 0.3 is 0 Å². The molecule has 0 saturated carbocycles. The normalized spacial score (nSPS) is 19.3. The Morgan fingerprint density at radius 1 is 0.960 bits per heavy atom. The summed E-state index contributed by atoms with van der Waals surface area (Å²) in [7, 11) is 2.18. The van der Waals surface area contributed by atoms with Crippen molar-refractivity contribution in [3.63, 3.8) is 0 Å². The second kappa shape index (κ2) is 7.59. The van der Waals surface area contributed by atoms with Crippen molar-refractivity contribution < 1.29 is 4.74 Å². The molecule has 1 fully saturated rings. The van der Waals surface area contributed by atoms with Crippen molar-refractivity contribution in [1.82, 2.24) is 9.80 Å². The number of likely N-dealkylation sites (N-methyl/N-ethyl adjacent to an activating group) is 1. The molecule has 1 saturated heterocycles. The summed E-state index contributed by atoms with van der Waals surface area (Å²) in [5, 5.41) is 2.56. The third kappa shape index (κ3) is 4.05. The van der Waals surface area contributed by atoms with Crippen molar-refractivity contribution in [2.24, 2.45) is 0 Å². The molecule has 0 atom stereocenters. The maximum atomic E-state index is 5.98. The largest absolute Gasteiger partial charge is 0.492 e. The molecular weight excluding hydrogens is 308 g/mol. The monoisotopic (exact) mass is 336 g/mol. The molecule has 4 rings (SSSR count). The van der Waals surface area contributed by atoms with Crippen molar-refractivity contribution in [3.8, 4) is 5.75 Å². The number of nitrogens with zero attached hydrogens (tertiary/aromatic N) is 2. The van der Waals surface area contributed by atoms with Crippen molar-refractivity contribution in [2.45, 2.75) is 19.3 Å². The van der Waals surface area contributed by atoms with Gasteiger partial charge in [0, 0.05) is 19.6 Å². The molecule has 132 valence electrons. The second-order valence-corrected chi connectivity index (χ2v) is 7.36. The first kappa shape index (κ1) is 16.6. The summed E-state index contributed by atoms with van der Waals surface area (Å²) < 4.78 is 5.98. The third-order valence-electron chi connectivity index (χ3n) is 5.47. The van der Waals surface area contributed by atoms with Gasteiger partial charge in [-0.15, -0.1) is 0 Å². The topological polar surface area (TPSA) is 15.7 Å². The Hall–Kier alpha value is -1.84. The standard InChI is InChI=1S/C22H28N2O/c1-23-12-8-18(9-13-23)19-4-5-21-17-22(7-6-20(21)16-19)25-15-14-24-10-2-3-11-24/h4-8,16-17H,2-3,9-15H2,1H3. The summed E-state index contributed by atoms with van der Waals surface area (Å²) in [6, 6.07) is 13.3. The minimum absolute atomic E-state index is 0.782. The van der Waals surface area contributed by atoms with Gasteiger partial charge in [0.05, 0.1) is 0 Å². The van der Waals surface area contributed by atoms with Gasteiger partial charge in [-0.2, -0.15) is 0 Å². The lowest BCUT2D eigenvalue weighted by molar-refractivity contribution is 0.238. The molecule has 0 bridgehead atoms. The van der Waals surface area contributed by atoms with Crippen LogP contribution in [0.25, 0.3) is 16.3 Å². The molecule has 2 heterocycles. The van der Waals surface area contributed by atoms with Crippen LogP contribution in [0.2, 0.25) is 0 Å². The fraction of sp³-hybridized carbons (Fsp3) is 0.455. The SMILES string of the molecule is CN1CC=C(c2ccc3cc(OCCN4CCCC4)ccc3c2)CC1. The number of ether oxygens (including phenoxy) is 1. The summed E-state index contributed by atoms with van der Waals surface area (Å²) in [5.74, 6) is 0.984. The number of hydrogen-bond acceptors (Lipinski definition) is 3. The minimum atomic E-state index is 0.782. The average Bonchev–Trinajstić information content (AvgIpc) is 3.15. The van der Waals surface area contributed by atoms with Gasteiger partial charge in [0.15, 0.2) is 0 Å². The van der Waals surface area contributed by atoms with Gasteiger partial charge in [-0.1, -0.05) is 24.3 Å². The number of rotatable bonds is 5. The highest BCUT2D eigenvalue weighted by Gasteiger charge is 2.12. The van der Waals surface area contributed by atoms with Crippen molar-refractivity contribution in [2.75, 3.05) is 46.4 Å². The van der Waals surface area contributed by atoms with Gasteiger partial charge in [-0.25, -0.2) is 0 Å². The zero-order valence-electron chi connectivity index (χ0n) is 15.2. The summed E-state index contributed by atoms with van der Waals surface area (Å²) >= 11 is 0. The lowest BCUT2D eigenvalue weighted by Crippen LogP contribution is -2.25. The Bertz CT molecular complexity index is 762. The zero-order valence-corrected chi connectivity index (χ0v) is 15.2. The summed E-state index contributed by atoms with van der Waals surface area (Å²) in [4.78, 5) is 4.85. The van der Waals surface area contributed by atoms with E-state index >= 15 is 0 Å². The quantitative estimate of drug-likeness (QED) is 0.820. The molecule has 0 aromatic heterocycles. The predicted molar refractivity (Wildman–Crippen MR) is 105 cm³/mol. The first-order chi connectivity index (χ1) is 12.3. The highest BCUT2D eigenvalue weighted by Crippen LogP contribution is 2.27. The fourth-order valence-electron chi connectivity index (χ4n) is 3.85. The van der Waals surface area contributed by atoms with E-state index < -0.39 is 0 Å². The highest BCUT2D eigenvalue weighted by atomic mass is 16.5. The van der Waals surface area contributed by atoms with E-state index in [-0.39, 0.29) is 0 Å². The lowest BCUT2D eigenvalue weighted by atomic mass is 9.97. The van der Waals surface area contributed by atoms with Crippen molar-refractivity contribution in [3.05, 3.63) is 48.0 Å². The predicted octanol–water partition coefficient (Wildman–Crippen LogP) is 4.03. The highest BCUT2D eigenvalue weighted by molar-refractivity contribution is 5.87. The van der Waals surface area contributed by atoms with E-state index in [0.717, 1.165) is 38.4 Å². The molecule has 3 nitrogen and oxygen atoms in total. The van der Waals surface area contributed by atoms with E-state index in [2.05, 4.69) is 59.3 Å². The molecule has 2 aromatic rings. The maximum Gasteiger partial charge on any atom is 0.120 e. The third-order valence-corrected chi connectivity index (χ3v) is 5.47. The second-order valence-electron chi connectivity index (χ2n) is 7.36. The van der Waals surface area contributed by atoms with Crippen LogP contribution in [0.15, 0.2) is 42.5 Å². The van der Waals surface area contributed by atoms with E-state index in [1.807, 2.05) is 0 Å². The van der Waals surface area contributed by atoms with E-state index in [4.69, 9.17) is 4.74 Å². The van der Waals surface area contributed by atoms with Gasteiger partial charge in [0.25, 0.3) is 0 Å². The van der Waals surface area contributed by atoms with Crippen LogP contribution in [0.5, 0.6) is 5.75 Å². The van der Waals surface area contributed by atoms with Crippen molar-refractivity contribution >= 4 is 16.3 Å². The lowest BCUT2D eigenvalue weighted by Gasteiger charge is -2.22. The Balaban J connectivity index is 1.43. The van der Waals surface area contributed by atoms with Gasteiger partial charge in [-0.3, -0.25) is 4.90 Å². The maximum absolute atomic E-state index is 5.98. The Labute approximate surface area is 150 Å². The fourth-order valence-corrected chi connectivity index (χ4v) is 3.85. The van der Waals surface area contributed by atoms with Crippen LogP contribution >= 0.6 is 0 Å². The summed E-state index contributed by atoms with van der Waals surface area (Å²) in [6.07, 6.45) is 6.18. The van der Waals surface area contributed by atoms with Gasteiger partial charge in [-0.05, 0) is 79.5 Å². The number of likely N-dealkylation sites (tertiary alicyclic amines) is 1. The van der Waals surface area contributed by atoms with Gasteiger partial charge in [0.2, 0.25) is 0 Å². The van der Waals surface area contributed by atoms with Crippen molar-refractivity contribution in [1.29, 1.82) is 0 Å². The molecular formula is C22H28N2O. The molecule has 3 heteroatoms. The molecule has 2 aliphatic heterocycles. The Morgan fingerprint density at radius 2 is 1.76 bits per heavy atom. The molecule has 2 aliphatic rings. The molecule has 0 unspecified atom stereocenters. The van der Waals surface area contributed by atoms with E-state index in [1.165, 1.54) is 47.8 Å². The molecule has 0 radical (unpaired) electrons. The van der Waals surface area contributed by atoms with Crippen LogP contribution in [-0.4, -0.2) is 56.2 Å². The van der Waals surface area contributed by atoms with Gasteiger partial charge in [0.1, 0.15) is 12.4 Å². The number of fused-ring (bicyclic) bond motifs is 1. The van der Waals surface area contributed by atoms with Crippen LogP contribution in [0.1, 0.15) is 24.8 Å². The number of hydrogen-bond donors (Lipinski definition) is 0. The van der Waals surface area contributed by atoms with Crippen LogP contribution in [0.3, 0.4) is 0 Å². The molecule has 0 spiro atoms. The van der Waals surface area contributed by atoms with E-state index in [9.17, 15) is 0 Å². The van der Waals surface area contributed by atoms with Crippen LogP contribution < -0.4 is 4.74 Å². The first-order valence-corrected chi connectivity index (χ1v) is 9.55.